The van der Waals surface area contributed by atoms with Crippen molar-refractivity contribution in [3.8, 4) is 0 Å². The molecule has 1 N–H and O–H groups in total. The summed E-state index contributed by atoms with van der Waals surface area (Å²) in [4.78, 5) is 48.2. The number of nitrogens with one attached hydrogen (secondary N) is 1. The van der Waals surface area contributed by atoms with Crippen LogP contribution < -0.4 is 10.2 Å². The van der Waals surface area contributed by atoms with E-state index < -0.39 is 23.9 Å². The smallest absolute Gasteiger partial charge is 0.338 e. The number of nitrogens with zero attached hydrogens (tertiary/aromatic N) is 1. The molecule has 1 aliphatic heterocycles. The van der Waals surface area contributed by atoms with E-state index in [1.54, 1.807) is 6.92 Å². The number of imide groups is 1. The molecule has 1 saturated heterocycles. The Morgan fingerprint density at radius 3 is 2.50 bits per heavy atom. The van der Waals surface area contributed by atoms with Gasteiger partial charge in [0.2, 0.25) is 5.91 Å². The van der Waals surface area contributed by atoms with E-state index in [1.165, 1.54) is 31.4 Å². The van der Waals surface area contributed by atoms with Gasteiger partial charge in [-0.15, -0.1) is 0 Å². The minimum absolute atomic E-state index is 0.0462. The highest BCUT2D eigenvalue weighted by atomic mass is 16.5. The van der Waals surface area contributed by atoms with Gasteiger partial charge in [0.15, 0.2) is 0 Å². The Kier molecular flexibility index (Phi) is 5.64. The largest absolute Gasteiger partial charge is 0.468 e. The first-order chi connectivity index (χ1) is 11.5. The van der Waals surface area contributed by atoms with Crippen LogP contribution in [0.4, 0.5) is 5.69 Å². The number of hydrogen-bond acceptors (Lipinski definition) is 7. The molecule has 0 bridgehead atoms. The molecule has 1 fully saturated rings. The number of amides is 2. The number of carbonyl (C=O) groups excluding carboxylic acids is 4. The number of esters is 2. The lowest BCUT2D eigenvalue weighted by molar-refractivity contribution is -0.139. The van der Waals surface area contributed by atoms with E-state index in [0.717, 1.165) is 4.90 Å². The average Bonchev–Trinajstić information content (AvgIpc) is 2.87. The number of hydrogen-bond donors (Lipinski definition) is 1. The summed E-state index contributed by atoms with van der Waals surface area (Å²) in [7, 11) is 1.24. The fourth-order valence-electron chi connectivity index (χ4n) is 2.30. The summed E-state index contributed by atoms with van der Waals surface area (Å²) >= 11 is 0. The molecule has 1 aliphatic rings. The molecule has 1 heterocycles. The van der Waals surface area contributed by atoms with Crippen LogP contribution in [-0.4, -0.2) is 50.1 Å². The minimum atomic E-state index is -0.777. The van der Waals surface area contributed by atoms with Gasteiger partial charge in [0.05, 0.1) is 44.0 Å². The zero-order valence-corrected chi connectivity index (χ0v) is 13.4. The lowest BCUT2D eigenvalue weighted by atomic mass is 10.2. The molecule has 2 rings (SSSR count). The zero-order chi connectivity index (χ0) is 17.7. The number of methoxy groups -OCH3 is 1. The summed E-state index contributed by atoms with van der Waals surface area (Å²) in [6, 6.07) is 5.21. The van der Waals surface area contributed by atoms with E-state index in [4.69, 9.17) is 4.74 Å². The topological polar surface area (TPSA) is 102 Å². The summed E-state index contributed by atoms with van der Waals surface area (Å²) < 4.78 is 9.36. The van der Waals surface area contributed by atoms with Crippen LogP contribution in [0.2, 0.25) is 0 Å². The van der Waals surface area contributed by atoms with E-state index >= 15 is 0 Å². The monoisotopic (exact) mass is 334 g/mol. The van der Waals surface area contributed by atoms with Gasteiger partial charge < -0.3 is 9.47 Å². The summed E-state index contributed by atoms with van der Waals surface area (Å²) in [5.41, 5.74) is 0.695. The van der Waals surface area contributed by atoms with Crippen LogP contribution in [0.1, 0.15) is 23.7 Å². The molecule has 0 aliphatic carbocycles. The van der Waals surface area contributed by atoms with Gasteiger partial charge in [-0.05, 0) is 31.2 Å². The summed E-state index contributed by atoms with van der Waals surface area (Å²) in [6.45, 7) is 1.81. The fraction of sp³-hybridized carbons (Fsp3) is 0.375. The maximum Gasteiger partial charge on any atom is 0.338 e. The lowest BCUT2D eigenvalue weighted by Gasteiger charge is -2.15. The molecule has 24 heavy (non-hydrogen) atoms. The molecule has 0 aromatic heterocycles. The van der Waals surface area contributed by atoms with Crippen LogP contribution in [0.25, 0.3) is 0 Å². The maximum absolute atomic E-state index is 12.3. The fourth-order valence-corrected chi connectivity index (χ4v) is 2.30. The molecule has 1 aromatic rings. The van der Waals surface area contributed by atoms with Crippen molar-refractivity contribution in [3.63, 3.8) is 0 Å². The van der Waals surface area contributed by atoms with E-state index in [1.807, 2.05) is 0 Å². The summed E-state index contributed by atoms with van der Waals surface area (Å²) in [5.74, 6) is -1.83. The second kappa shape index (κ2) is 7.69. The third-order valence-corrected chi connectivity index (χ3v) is 3.50. The van der Waals surface area contributed by atoms with Crippen molar-refractivity contribution >= 4 is 29.4 Å². The molecular formula is C16H18N2O6. The predicted octanol–water partition coefficient (Wildman–Crippen LogP) is 0.258. The Morgan fingerprint density at radius 2 is 1.92 bits per heavy atom. The number of carbonyl (C=O) groups is 4. The van der Waals surface area contributed by atoms with Crippen LogP contribution >= 0.6 is 0 Å². The first kappa shape index (κ1) is 17.6. The Morgan fingerprint density at radius 1 is 1.25 bits per heavy atom. The number of rotatable bonds is 6. The predicted molar refractivity (Wildman–Crippen MR) is 83.3 cm³/mol. The number of ether oxygens (including phenoxy) is 2. The SMILES string of the molecule is CCOC(=O)c1ccc(N2C(=O)CC(NCC(=O)OC)C2=O)cc1. The van der Waals surface area contributed by atoms with Crippen molar-refractivity contribution in [1.82, 2.24) is 5.32 Å². The van der Waals surface area contributed by atoms with E-state index in [0.29, 0.717) is 11.3 Å². The Hall–Kier alpha value is -2.74. The molecule has 128 valence electrons. The third-order valence-electron chi connectivity index (χ3n) is 3.50. The van der Waals surface area contributed by atoms with Crippen molar-refractivity contribution in [2.45, 2.75) is 19.4 Å². The summed E-state index contributed by atoms with van der Waals surface area (Å²) in [6.07, 6.45) is -0.0462. The van der Waals surface area contributed by atoms with Gasteiger partial charge in [-0.3, -0.25) is 19.7 Å². The van der Waals surface area contributed by atoms with Gasteiger partial charge in [-0.2, -0.15) is 0 Å². The van der Waals surface area contributed by atoms with Crippen LogP contribution in [0.3, 0.4) is 0 Å². The molecule has 1 atom stereocenters. The Labute approximate surface area is 138 Å². The van der Waals surface area contributed by atoms with Crippen LogP contribution in [0, 0.1) is 0 Å². The third kappa shape index (κ3) is 3.77. The molecule has 2 amide bonds. The first-order valence-electron chi connectivity index (χ1n) is 7.42. The highest BCUT2D eigenvalue weighted by Crippen LogP contribution is 2.23. The van der Waals surface area contributed by atoms with Gasteiger partial charge in [0.25, 0.3) is 5.91 Å². The molecule has 0 saturated carbocycles. The van der Waals surface area contributed by atoms with Crippen LogP contribution in [0.15, 0.2) is 24.3 Å². The molecule has 1 unspecified atom stereocenters. The Bertz CT molecular complexity index is 655. The van der Waals surface area contributed by atoms with E-state index in [2.05, 4.69) is 10.1 Å². The highest BCUT2D eigenvalue weighted by Gasteiger charge is 2.39. The lowest BCUT2D eigenvalue weighted by Crippen LogP contribution is -2.41. The number of anilines is 1. The zero-order valence-electron chi connectivity index (χ0n) is 13.4. The molecular weight excluding hydrogens is 316 g/mol. The maximum atomic E-state index is 12.3. The van der Waals surface area contributed by atoms with Crippen LogP contribution in [-0.2, 0) is 23.9 Å². The average molecular weight is 334 g/mol. The van der Waals surface area contributed by atoms with Gasteiger partial charge in [-0.1, -0.05) is 0 Å². The van der Waals surface area contributed by atoms with Crippen molar-refractivity contribution in [2.75, 3.05) is 25.2 Å². The second-order valence-electron chi connectivity index (χ2n) is 5.05. The normalized spacial score (nSPS) is 17.1. The van der Waals surface area contributed by atoms with E-state index in [-0.39, 0.29) is 25.5 Å². The van der Waals surface area contributed by atoms with Gasteiger partial charge >= 0.3 is 11.9 Å². The first-order valence-corrected chi connectivity index (χ1v) is 7.42. The second-order valence-corrected chi connectivity index (χ2v) is 5.05. The van der Waals surface area contributed by atoms with Crippen molar-refractivity contribution in [1.29, 1.82) is 0 Å². The molecule has 1 aromatic carbocycles. The van der Waals surface area contributed by atoms with Gasteiger partial charge in [0, 0.05) is 0 Å². The summed E-state index contributed by atoms with van der Waals surface area (Å²) in [5, 5.41) is 2.70. The molecule has 8 nitrogen and oxygen atoms in total. The quantitative estimate of drug-likeness (QED) is 0.588. The van der Waals surface area contributed by atoms with Crippen molar-refractivity contribution in [2.24, 2.45) is 0 Å². The highest BCUT2D eigenvalue weighted by molar-refractivity contribution is 6.22. The molecule has 8 heteroatoms. The number of benzene rings is 1. The standard InChI is InChI=1S/C16H18N2O6/c1-3-24-16(22)10-4-6-11(7-5-10)18-13(19)8-12(15(18)21)17-9-14(20)23-2/h4-7,12,17H,3,8-9H2,1-2H3. The van der Waals surface area contributed by atoms with Crippen molar-refractivity contribution < 1.29 is 28.7 Å². The molecule has 0 spiro atoms. The van der Waals surface area contributed by atoms with Crippen LogP contribution in [0.5, 0.6) is 0 Å². The van der Waals surface area contributed by atoms with E-state index in [9.17, 15) is 19.2 Å². The Balaban J connectivity index is 2.08. The van der Waals surface area contributed by atoms with Gasteiger partial charge in [0.1, 0.15) is 0 Å². The minimum Gasteiger partial charge on any atom is -0.468 e. The molecule has 0 radical (unpaired) electrons. The van der Waals surface area contributed by atoms with Crippen molar-refractivity contribution in [3.05, 3.63) is 29.8 Å². The van der Waals surface area contributed by atoms with Gasteiger partial charge in [-0.25, -0.2) is 9.69 Å².